The topological polar surface area (TPSA) is 30.7 Å². The molecule has 3 aromatic heterocycles. The van der Waals surface area contributed by atoms with Gasteiger partial charge in [0.25, 0.3) is 0 Å². The Kier molecular flexibility index (Phi) is 8.34. The molecule has 11 aromatic rings. The molecule has 0 spiro atoms. The van der Waals surface area contributed by atoms with E-state index in [0.717, 1.165) is 38.4 Å². The molecule has 8 aromatic carbocycles. The normalized spacial score (nSPS) is 11.4. The molecule has 0 aliphatic carbocycles. The summed E-state index contributed by atoms with van der Waals surface area (Å²) in [4.78, 5) is 11.7. The van der Waals surface area contributed by atoms with Gasteiger partial charge in [0.15, 0.2) is 0 Å². The van der Waals surface area contributed by atoms with E-state index in [1.165, 1.54) is 59.8 Å². The SMILES string of the molecule is c1ccc(-c2cc(-c3ccccc3)cc(-c3cccc(-c4ccc5c(c4)c4c6ccccc6sc4n5-c4nc(-c5ccccc5)cc(-c5ccccc5)n4)c3)c2)cc1. The molecule has 0 amide bonds. The lowest BCUT2D eigenvalue weighted by Crippen LogP contribution is -2.03. The highest BCUT2D eigenvalue weighted by Gasteiger charge is 2.21. The lowest BCUT2D eigenvalue weighted by atomic mass is 9.92. The van der Waals surface area contributed by atoms with Gasteiger partial charge in [0, 0.05) is 32.0 Å². The average Bonchev–Trinajstić information content (AvgIpc) is 3.84. The summed E-state index contributed by atoms with van der Waals surface area (Å²) in [5, 5.41) is 3.65. The molecule has 0 atom stereocenters. The first-order valence-electron chi connectivity index (χ1n) is 19.6. The number of fused-ring (bicyclic) bond motifs is 5. The smallest absolute Gasteiger partial charge is 0.236 e. The van der Waals surface area contributed by atoms with Crippen molar-refractivity contribution in [1.82, 2.24) is 14.5 Å². The van der Waals surface area contributed by atoms with Gasteiger partial charge in [-0.25, -0.2) is 9.97 Å². The van der Waals surface area contributed by atoms with Crippen LogP contribution in [-0.4, -0.2) is 14.5 Å². The number of benzene rings is 8. The number of rotatable bonds is 7. The zero-order valence-electron chi connectivity index (χ0n) is 31.5. The molecule has 3 heterocycles. The quantitative estimate of drug-likeness (QED) is 0.162. The summed E-state index contributed by atoms with van der Waals surface area (Å²) in [6.07, 6.45) is 0. The van der Waals surface area contributed by atoms with E-state index >= 15 is 0 Å². The van der Waals surface area contributed by atoms with E-state index in [1.807, 2.05) is 12.1 Å². The van der Waals surface area contributed by atoms with Crippen molar-refractivity contribution in [2.24, 2.45) is 0 Å². The highest BCUT2D eigenvalue weighted by molar-refractivity contribution is 7.25. The van der Waals surface area contributed by atoms with Crippen LogP contribution in [0.1, 0.15) is 0 Å². The molecule has 3 nitrogen and oxygen atoms in total. The zero-order valence-corrected chi connectivity index (χ0v) is 32.3. The third-order valence-electron chi connectivity index (χ3n) is 11.0. The number of hydrogen-bond acceptors (Lipinski definition) is 3. The molecule has 0 bridgehead atoms. The Morgan fingerprint density at radius 2 is 0.776 bits per heavy atom. The second kappa shape index (κ2) is 14.3. The summed E-state index contributed by atoms with van der Waals surface area (Å²) in [7, 11) is 0. The van der Waals surface area contributed by atoms with Crippen molar-refractivity contribution in [2.45, 2.75) is 0 Å². The number of nitrogens with zero attached hydrogens (tertiary/aromatic N) is 3. The van der Waals surface area contributed by atoms with Gasteiger partial charge in [0.2, 0.25) is 5.95 Å². The summed E-state index contributed by atoms with van der Waals surface area (Å²) in [5.41, 5.74) is 14.5. The Hall–Kier alpha value is -7.40. The van der Waals surface area contributed by atoms with Gasteiger partial charge in [-0.05, 0) is 93.0 Å². The molecule has 0 aliphatic rings. The molecule has 4 heteroatoms. The monoisotopic (exact) mass is 757 g/mol. The molecule has 0 N–H and O–H groups in total. The predicted molar refractivity (Wildman–Crippen MR) is 244 cm³/mol. The molecule has 0 fully saturated rings. The minimum absolute atomic E-state index is 0.661. The molecule has 0 saturated carbocycles. The number of thiophene rings is 1. The van der Waals surface area contributed by atoms with Gasteiger partial charge >= 0.3 is 0 Å². The lowest BCUT2D eigenvalue weighted by molar-refractivity contribution is 1.00. The Balaban J connectivity index is 1.09. The van der Waals surface area contributed by atoms with Crippen LogP contribution in [0.5, 0.6) is 0 Å². The summed E-state index contributed by atoms with van der Waals surface area (Å²) >= 11 is 1.80. The molecule has 0 radical (unpaired) electrons. The van der Waals surface area contributed by atoms with Crippen molar-refractivity contribution in [3.8, 4) is 73.0 Å². The van der Waals surface area contributed by atoms with Gasteiger partial charge < -0.3 is 0 Å². The van der Waals surface area contributed by atoms with Crippen LogP contribution in [0.2, 0.25) is 0 Å². The first-order valence-corrected chi connectivity index (χ1v) is 20.4. The molecule has 0 unspecified atom stereocenters. The molecule has 0 saturated heterocycles. The molecule has 11 rings (SSSR count). The fourth-order valence-corrected chi connectivity index (χ4v) is 9.41. The zero-order chi connectivity index (χ0) is 38.4. The summed E-state index contributed by atoms with van der Waals surface area (Å²) in [5.74, 6) is 0.661. The minimum atomic E-state index is 0.661. The van der Waals surface area contributed by atoms with Crippen LogP contribution < -0.4 is 0 Å². The number of aromatic nitrogens is 3. The molecular weight excluding hydrogens is 723 g/mol. The standard InChI is InChI=1S/C54H35N3S/c1-5-16-36(17-6-1)43-31-44(37-18-7-2-8-19-37)33-45(32-43)41-25-15-24-40(30-41)42-28-29-50-47(34-42)52-46-26-13-14-27-51(46)58-53(52)57(50)54-55-48(38-20-9-3-10-21-38)35-49(56-54)39-22-11-4-12-23-39/h1-35H. The van der Waals surface area contributed by atoms with Crippen LogP contribution in [0.25, 0.3) is 104 Å². The van der Waals surface area contributed by atoms with Gasteiger partial charge in [-0.3, -0.25) is 4.57 Å². The molecule has 58 heavy (non-hydrogen) atoms. The summed E-state index contributed by atoms with van der Waals surface area (Å²) in [6.45, 7) is 0. The van der Waals surface area contributed by atoms with Gasteiger partial charge in [-0.1, -0.05) is 164 Å². The first-order chi connectivity index (χ1) is 28.7. The van der Waals surface area contributed by atoms with Crippen LogP contribution in [0.15, 0.2) is 212 Å². The van der Waals surface area contributed by atoms with E-state index in [-0.39, 0.29) is 0 Å². The average molecular weight is 758 g/mol. The maximum atomic E-state index is 5.28. The van der Waals surface area contributed by atoms with Crippen molar-refractivity contribution in [1.29, 1.82) is 0 Å². The van der Waals surface area contributed by atoms with Crippen LogP contribution in [0, 0.1) is 0 Å². The molecular formula is C54H35N3S. The fraction of sp³-hybridized carbons (Fsp3) is 0. The van der Waals surface area contributed by atoms with E-state index in [9.17, 15) is 0 Å². The second-order valence-electron chi connectivity index (χ2n) is 14.6. The van der Waals surface area contributed by atoms with Crippen LogP contribution >= 0.6 is 11.3 Å². The summed E-state index contributed by atoms with van der Waals surface area (Å²) in [6, 6.07) is 75.7. The summed E-state index contributed by atoms with van der Waals surface area (Å²) < 4.78 is 3.51. The van der Waals surface area contributed by atoms with Crippen LogP contribution in [0.3, 0.4) is 0 Å². The third-order valence-corrected chi connectivity index (χ3v) is 12.2. The van der Waals surface area contributed by atoms with E-state index in [2.05, 4.69) is 205 Å². The largest absolute Gasteiger partial charge is 0.269 e. The Morgan fingerprint density at radius 3 is 1.36 bits per heavy atom. The maximum Gasteiger partial charge on any atom is 0.236 e. The van der Waals surface area contributed by atoms with Gasteiger partial charge in [-0.2, -0.15) is 0 Å². The first kappa shape index (κ1) is 33.9. The highest BCUT2D eigenvalue weighted by Crippen LogP contribution is 2.44. The lowest BCUT2D eigenvalue weighted by Gasteiger charge is -2.13. The third kappa shape index (κ3) is 6.08. The van der Waals surface area contributed by atoms with E-state index in [1.54, 1.807) is 11.3 Å². The number of hydrogen-bond donors (Lipinski definition) is 0. The Labute approximate surface area is 340 Å². The molecule has 272 valence electrons. The fourth-order valence-electron chi connectivity index (χ4n) is 8.18. The van der Waals surface area contributed by atoms with Crippen molar-refractivity contribution >= 4 is 42.5 Å². The van der Waals surface area contributed by atoms with E-state index in [4.69, 9.17) is 9.97 Å². The maximum absolute atomic E-state index is 5.28. The van der Waals surface area contributed by atoms with Crippen LogP contribution in [0.4, 0.5) is 0 Å². The van der Waals surface area contributed by atoms with Crippen molar-refractivity contribution in [3.05, 3.63) is 212 Å². The van der Waals surface area contributed by atoms with Gasteiger partial charge in [0.05, 0.1) is 16.9 Å². The second-order valence-corrected chi connectivity index (χ2v) is 15.7. The van der Waals surface area contributed by atoms with Crippen molar-refractivity contribution < 1.29 is 0 Å². The van der Waals surface area contributed by atoms with E-state index in [0.29, 0.717) is 5.95 Å². The highest BCUT2D eigenvalue weighted by atomic mass is 32.1. The van der Waals surface area contributed by atoms with Crippen molar-refractivity contribution in [2.75, 3.05) is 0 Å². The molecule has 0 aliphatic heterocycles. The van der Waals surface area contributed by atoms with E-state index < -0.39 is 0 Å². The minimum Gasteiger partial charge on any atom is -0.269 e. The van der Waals surface area contributed by atoms with Gasteiger partial charge in [0.1, 0.15) is 4.83 Å². The van der Waals surface area contributed by atoms with Crippen molar-refractivity contribution in [3.63, 3.8) is 0 Å². The Morgan fingerprint density at radius 1 is 0.328 bits per heavy atom. The predicted octanol–water partition coefficient (Wildman–Crippen LogP) is 14.8. The Bertz CT molecular complexity index is 3140. The van der Waals surface area contributed by atoms with Gasteiger partial charge in [-0.15, -0.1) is 11.3 Å². The van der Waals surface area contributed by atoms with Crippen LogP contribution in [-0.2, 0) is 0 Å².